The van der Waals surface area contributed by atoms with Gasteiger partial charge in [0.05, 0.1) is 6.42 Å². The highest BCUT2D eigenvalue weighted by atomic mass is 19.1. The van der Waals surface area contributed by atoms with Gasteiger partial charge in [0.1, 0.15) is 6.17 Å². The van der Waals surface area contributed by atoms with Crippen LogP contribution in [0.3, 0.4) is 0 Å². The predicted molar refractivity (Wildman–Crippen MR) is 95.1 cm³/mol. The predicted octanol–water partition coefficient (Wildman–Crippen LogP) is 6.06. The van der Waals surface area contributed by atoms with Crippen molar-refractivity contribution in [2.24, 2.45) is 0 Å². The topological polar surface area (TPSA) is 37.3 Å². The Hall–Kier alpha value is -1.30. The molecule has 1 N–H and O–H groups in total. The summed E-state index contributed by atoms with van der Waals surface area (Å²) < 4.78 is 13.1. The molecule has 0 saturated heterocycles. The molecule has 0 fully saturated rings. The Bertz CT molecular complexity index is 366. The molecule has 132 valence electrons. The number of carbonyl (C=O) groups is 1. The van der Waals surface area contributed by atoms with Gasteiger partial charge in [0.2, 0.25) is 0 Å². The van der Waals surface area contributed by atoms with Gasteiger partial charge in [0.25, 0.3) is 0 Å². The lowest BCUT2D eigenvalue weighted by Crippen LogP contribution is -2.07. The Balaban J connectivity index is 3.30. The minimum atomic E-state index is -1.19. The highest BCUT2D eigenvalue weighted by Crippen LogP contribution is 2.12. The van der Waals surface area contributed by atoms with Gasteiger partial charge in [-0.25, -0.2) is 4.39 Å². The van der Waals surface area contributed by atoms with Crippen molar-refractivity contribution in [2.75, 3.05) is 0 Å². The van der Waals surface area contributed by atoms with Crippen LogP contribution in [0.25, 0.3) is 0 Å². The first kappa shape index (κ1) is 21.7. The van der Waals surface area contributed by atoms with Crippen LogP contribution in [0, 0.1) is 11.8 Å². The summed E-state index contributed by atoms with van der Waals surface area (Å²) >= 11 is 0. The molecule has 0 spiro atoms. The van der Waals surface area contributed by atoms with E-state index >= 15 is 0 Å². The fourth-order valence-corrected chi connectivity index (χ4v) is 2.33. The molecule has 1 atom stereocenters. The molecule has 0 saturated carbocycles. The maximum Gasteiger partial charge on any atom is 0.306 e. The molecule has 0 bridgehead atoms. The van der Waals surface area contributed by atoms with Crippen LogP contribution in [0.4, 0.5) is 4.39 Å². The molecule has 0 aliphatic carbocycles. The van der Waals surface area contributed by atoms with E-state index in [1.165, 1.54) is 25.7 Å². The number of carboxylic acids is 1. The summed E-state index contributed by atoms with van der Waals surface area (Å²) in [5.41, 5.74) is 0. The Morgan fingerprint density at radius 2 is 1.78 bits per heavy atom. The average Bonchev–Trinajstić information content (AvgIpc) is 2.50. The summed E-state index contributed by atoms with van der Waals surface area (Å²) in [5, 5.41) is 8.45. The Morgan fingerprint density at radius 3 is 2.52 bits per heavy atom. The molecular weight excluding hydrogens is 291 g/mol. The monoisotopic (exact) mass is 324 g/mol. The molecule has 0 aromatic carbocycles. The fourth-order valence-electron chi connectivity index (χ4n) is 2.33. The molecule has 0 radical (unpaired) electrons. The van der Waals surface area contributed by atoms with Crippen molar-refractivity contribution in [2.45, 2.75) is 96.6 Å². The fraction of sp³-hybridized carbons (Fsp3) is 0.750. The van der Waals surface area contributed by atoms with Gasteiger partial charge in [-0.15, -0.1) is 5.92 Å². The van der Waals surface area contributed by atoms with Crippen LogP contribution in [0.15, 0.2) is 12.2 Å². The number of halogens is 1. The Kier molecular flexibility index (Phi) is 16.1. The number of hydrogen-bond donors (Lipinski definition) is 1. The summed E-state index contributed by atoms with van der Waals surface area (Å²) in [5.74, 6) is 5.31. The minimum absolute atomic E-state index is 0.358. The van der Waals surface area contributed by atoms with Crippen molar-refractivity contribution in [1.29, 1.82) is 0 Å². The van der Waals surface area contributed by atoms with Crippen molar-refractivity contribution < 1.29 is 14.3 Å². The van der Waals surface area contributed by atoms with E-state index in [1.54, 1.807) is 0 Å². The maximum atomic E-state index is 13.1. The van der Waals surface area contributed by atoms with Crippen LogP contribution < -0.4 is 0 Å². The second-order valence-electron chi connectivity index (χ2n) is 6.03. The molecule has 0 heterocycles. The van der Waals surface area contributed by atoms with Gasteiger partial charge in [-0.3, -0.25) is 4.79 Å². The number of aliphatic carboxylic acids is 1. The van der Waals surface area contributed by atoms with Gasteiger partial charge < -0.3 is 5.11 Å². The SMILES string of the molecule is CCCCCC=CCC#CCCCCCCCC(F)CC(=O)O. The van der Waals surface area contributed by atoms with Crippen molar-refractivity contribution >= 4 is 5.97 Å². The van der Waals surface area contributed by atoms with Crippen molar-refractivity contribution in [3.05, 3.63) is 12.2 Å². The first-order chi connectivity index (χ1) is 11.2. The third-order valence-electron chi connectivity index (χ3n) is 3.70. The molecule has 0 aromatic heterocycles. The van der Waals surface area contributed by atoms with Crippen LogP contribution in [0.2, 0.25) is 0 Å². The summed E-state index contributed by atoms with van der Waals surface area (Å²) in [6, 6.07) is 0. The highest BCUT2D eigenvalue weighted by Gasteiger charge is 2.10. The van der Waals surface area contributed by atoms with Crippen LogP contribution >= 0.6 is 0 Å². The van der Waals surface area contributed by atoms with E-state index in [0.717, 1.165) is 44.9 Å². The zero-order valence-electron chi connectivity index (χ0n) is 14.7. The lowest BCUT2D eigenvalue weighted by atomic mass is 10.1. The second kappa shape index (κ2) is 17.1. The lowest BCUT2D eigenvalue weighted by molar-refractivity contribution is -0.138. The van der Waals surface area contributed by atoms with E-state index in [-0.39, 0.29) is 6.42 Å². The molecule has 2 nitrogen and oxygen atoms in total. The molecule has 23 heavy (non-hydrogen) atoms. The van der Waals surface area contributed by atoms with Crippen LogP contribution in [-0.2, 0) is 4.79 Å². The number of unbranched alkanes of at least 4 members (excludes halogenated alkanes) is 8. The number of allylic oxidation sites excluding steroid dienone is 2. The first-order valence-electron chi connectivity index (χ1n) is 9.13. The van der Waals surface area contributed by atoms with Gasteiger partial charge in [0.15, 0.2) is 0 Å². The summed E-state index contributed by atoms with van der Waals surface area (Å²) in [6.07, 6.45) is 15.1. The molecule has 0 amide bonds. The molecule has 0 aliphatic rings. The summed E-state index contributed by atoms with van der Waals surface area (Å²) in [7, 11) is 0. The smallest absolute Gasteiger partial charge is 0.306 e. The van der Waals surface area contributed by atoms with E-state index in [9.17, 15) is 9.18 Å². The summed E-state index contributed by atoms with van der Waals surface area (Å²) in [6.45, 7) is 2.21. The highest BCUT2D eigenvalue weighted by molar-refractivity contribution is 5.67. The van der Waals surface area contributed by atoms with Gasteiger partial charge in [0, 0.05) is 12.8 Å². The zero-order valence-corrected chi connectivity index (χ0v) is 14.7. The second-order valence-corrected chi connectivity index (χ2v) is 6.03. The summed E-state index contributed by atoms with van der Waals surface area (Å²) in [4.78, 5) is 10.3. The van der Waals surface area contributed by atoms with Crippen molar-refractivity contribution in [3.8, 4) is 11.8 Å². The largest absolute Gasteiger partial charge is 0.481 e. The standard InChI is InChI=1S/C20H33FO2/c1-2-3-4-5-6-7-8-9-10-11-12-13-14-15-16-17-19(21)18-20(22)23/h6-7,19H,2-5,8,11-18H2,1H3,(H,22,23). The van der Waals surface area contributed by atoms with Gasteiger partial charge in [-0.1, -0.05) is 63.5 Å². The average molecular weight is 324 g/mol. The third kappa shape index (κ3) is 18.7. The third-order valence-corrected chi connectivity index (χ3v) is 3.70. The Morgan fingerprint density at radius 1 is 1.04 bits per heavy atom. The molecule has 0 aromatic rings. The van der Waals surface area contributed by atoms with Crippen LogP contribution in [0.5, 0.6) is 0 Å². The minimum Gasteiger partial charge on any atom is -0.481 e. The molecule has 1 unspecified atom stereocenters. The number of rotatable bonds is 14. The maximum absolute atomic E-state index is 13.1. The molecule has 0 aliphatic heterocycles. The van der Waals surface area contributed by atoms with E-state index < -0.39 is 12.1 Å². The van der Waals surface area contributed by atoms with Gasteiger partial charge in [-0.05, 0) is 25.7 Å². The van der Waals surface area contributed by atoms with E-state index in [0.29, 0.717) is 6.42 Å². The number of alkyl halides is 1. The molecule has 3 heteroatoms. The van der Waals surface area contributed by atoms with E-state index in [2.05, 4.69) is 30.9 Å². The molecule has 0 rings (SSSR count). The lowest BCUT2D eigenvalue weighted by Gasteiger charge is -2.04. The quantitative estimate of drug-likeness (QED) is 0.239. The van der Waals surface area contributed by atoms with Crippen LogP contribution in [0.1, 0.15) is 90.4 Å². The van der Waals surface area contributed by atoms with Crippen molar-refractivity contribution in [1.82, 2.24) is 0 Å². The number of carboxylic acid groups (broad SMARTS) is 1. The first-order valence-corrected chi connectivity index (χ1v) is 9.13. The van der Waals surface area contributed by atoms with Gasteiger partial charge in [-0.2, -0.15) is 0 Å². The van der Waals surface area contributed by atoms with E-state index in [1.807, 2.05) is 0 Å². The Labute approximate surface area is 141 Å². The van der Waals surface area contributed by atoms with Gasteiger partial charge >= 0.3 is 5.97 Å². The number of hydrogen-bond acceptors (Lipinski definition) is 1. The van der Waals surface area contributed by atoms with Crippen LogP contribution in [-0.4, -0.2) is 17.2 Å². The normalized spacial score (nSPS) is 12.1. The van der Waals surface area contributed by atoms with Crippen molar-refractivity contribution in [3.63, 3.8) is 0 Å². The molecular formula is C20H33FO2. The van der Waals surface area contributed by atoms with E-state index in [4.69, 9.17) is 5.11 Å². The zero-order chi connectivity index (χ0) is 17.2.